The van der Waals surface area contributed by atoms with Crippen LogP contribution in [0.2, 0.25) is 0 Å². The third kappa shape index (κ3) is 18.7. The fourth-order valence-electron chi connectivity index (χ4n) is 5.71. The van der Waals surface area contributed by atoms with E-state index in [0.717, 1.165) is 30.6 Å². The second kappa shape index (κ2) is 21.7. The summed E-state index contributed by atoms with van der Waals surface area (Å²) in [4.78, 5) is 13.8. The Hall–Kier alpha value is -0.570. The second-order valence-electron chi connectivity index (χ2n) is 11.5. The van der Waals surface area contributed by atoms with Gasteiger partial charge in [0.2, 0.25) is 0 Å². The highest BCUT2D eigenvalue weighted by Crippen LogP contribution is 2.45. The molecule has 0 radical (unpaired) electrons. The first-order valence-corrected chi connectivity index (χ1v) is 15.4. The van der Waals surface area contributed by atoms with Crippen LogP contribution in [0.1, 0.15) is 149 Å². The zero-order valence-electron chi connectivity index (χ0n) is 23.8. The predicted molar refractivity (Wildman–Crippen MR) is 148 cm³/mol. The number of nitrogens with zero attached hydrogens (tertiary/aromatic N) is 1. The normalized spacial score (nSPS) is 18.4. The van der Waals surface area contributed by atoms with Gasteiger partial charge in [-0.25, -0.2) is 0 Å². The van der Waals surface area contributed by atoms with Crippen LogP contribution in [0, 0.1) is 17.8 Å². The number of rotatable bonds is 25. The van der Waals surface area contributed by atoms with Crippen LogP contribution in [0.3, 0.4) is 0 Å². The lowest BCUT2D eigenvalue weighted by Gasteiger charge is -2.21. The molecule has 1 aliphatic carbocycles. The van der Waals surface area contributed by atoms with Gasteiger partial charge < -0.3 is 9.64 Å². The number of hydrogen-bond acceptors (Lipinski definition) is 3. The van der Waals surface area contributed by atoms with Gasteiger partial charge in [-0.3, -0.25) is 4.79 Å². The highest BCUT2D eigenvalue weighted by Gasteiger charge is 2.34. The number of unbranched alkanes of at least 4 members (excludes halogenated alkanes) is 12. The van der Waals surface area contributed by atoms with Crippen molar-refractivity contribution < 1.29 is 9.53 Å². The third-order valence-corrected chi connectivity index (χ3v) is 7.86. The number of esters is 1. The molecular weight excluding hydrogens is 418 g/mol. The quantitative estimate of drug-likeness (QED) is 0.0965. The van der Waals surface area contributed by atoms with Crippen molar-refractivity contribution >= 4 is 5.97 Å². The molecule has 1 saturated carbocycles. The molecule has 0 aliphatic heterocycles. The van der Waals surface area contributed by atoms with Crippen LogP contribution >= 0.6 is 0 Å². The highest BCUT2D eigenvalue weighted by atomic mass is 16.5. The fourth-order valence-corrected chi connectivity index (χ4v) is 5.71. The van der Waals surface area contributed by atoms with Gasteiger partial charge in [-0.05, 0) is 64.5 Å². The van der Waals surface area contributed by atoms with E-state index in [2.05, 4.69) is 25.9 Å². The van der Waals surface area contributed by atoms with Gasteiger partial charge >= 0.3 is 5.97 Å². The van der Waals surface area contributed by atoms with Gasteiger partial charge in [-0.15, -0.1) is 0 Å². The summed E-state index contributed by atoms with van der Waals surface area (Å²) in [6.07, 6.45) is 28.5. The SMILES string of the molecule is CCCCCCCCC1CC1CCCCCCCC(CCCCCCC(=O)OCC)CN(C)C. The molecule has 3 unspecified atom stereocenters. The van der Waals surface area contributed by atoms with E-state index < -0.39 is 0 Å². The molecule has 34 heavy (non-hydrogen) atoms. The largest absolute Gasteiger partial charge is 0.466 e. The number of ether oxygens (including phenoxy) is 1. The minimum atomic E-state index is -0.0295. The molecule has 0 heterocycles. The fraction of sp³-hybridized carbons (Fsp3) is 0.968. The predicted octanol–water partition coefficient (Wildman–Crippen LogP) is 9.19. The molecule has 0 aromatic carbocycles. The lowest BCUT2D eigenvalue weighted by atomic mass is 9.93. The number of carbonyl (C=O) groups is 1. The first-order chi connectivity index (χ1) is 16.6. The van der Waals surface area contributed by atoms with E-state index >= 15 is 0 Å². The minimum absolute atomic E-state index is 0.0295. The maximum absolute atomic E-state index is 11.4. The van der Waals surface area contributed by atoms with Crippen molar-refractivity contribution in [1.29, 1.82) is 0 Å². The van der Waals surface area contributed by atoms with Gasteiger partial charge in [0.1, 0.15) is 0 Å². The van der Waals surface area contributed by atoms with Crippen molar-refractivity contribution in [2.24, 2.45) is 17.8 Å². The van der Waals surface area contributed by atoms with E-state index in [1.165, 1.54) is 116 Å². The Balaban J connectivity index is 1.94. The average Bonchev–Trinajstić information content (AvgIpc) is 3.55. The van der Waals surface area contributed by atoms with Crippen molar-refractivity contribution in [2.75, 3.05) is 27.2 Å². The summed E-state index contributed by atoms with van der Waals surface area (Å²) in [5, 5.41) is 0. The first-order valence-electron chi connectivity index (χ1n) is 15.4. The van der Waals surface area contributed by atoms with E-state index in [1.54, 1.807) is 6.42 Å². The summed E-state index contributed by atoms with van der Waals surface area (Å²) in [6, 6.07) is 0. The maximum Gasteiger partial charge on any atom is 0.305 e. The first kappa shape index (κ1) is 31.5. The zero-order valence-corrected chi connectivity index (χ0v) is 23.8. The van der Waals surface area contributed by atoms with E-state index in [4.69, 9.17) is 4.74 Å². The molecule has 1 aliphatic rings. The van der Waals surface area contributed by atoms with Gasteiger partial charge in [0.25, 0.3) is 0 Å². The number of carbonyl (C=O) groups excluding carboxylic acids is 1. The molecule has 3 atom stereocenters. The van der Waals surface area contributed by atoms with E-state index in [9.17, 15) is 4.79 Å². The number of hydrogen-bond donors (Lipinski definition) is 0. The van der Waals surface area contributed by atoms with Crippen LogP contribution in [0.25, 0.3) is 0 Å². The Kier molecular flexibility index (Phi) is 20.1. The van der Waals surface area contributed by atoms with E-state index in [-0.39, 0.29) is 5.97 Å². The standard InChI is InChI=1S/C31H61NO2/c1-5-7-8-9-12-18-23-29-26-30(29)24-19-13-10-11-16-21-28(27-32(3)4)22-17-14-15-20-25-31(33)34-6-2/h28-30H,5-27H2,1-4H3. The summed E-state index contributed by atoms with van der Waals surface area (Å²) >= 11 is 0. The van der Waals surface area contributed by atoms with Gasteiger partial charge in [-0.1, -0.05) is 110 Å². The molecule has 0 spiro atoms. The Morgan fingerprint density at radius 2 is 1.24 bits per heavy atom. The van der Waals surface area contributed by atoms with E-state index in [1.807, 2.05) is 6.92 Å². The molecule has 3 heteroatoms. The van der Waals surface area contributed by atoms with Crippen LogP contribution in [-0.4, -0.2) is 38.1 Å². The molecule has 0 bridgehead atoms. The van der Waals surface area contributed by atoms with Crippen molar-refractivity contribution in [2.45, 2.75) is 149 Å². The van der Waals surface area contributed by atoms with Crippen LogP contribution < -0.4 is 0 Å². The summed E-state index contributed by atoms with van der Waals surface area (Å²) in [5.74, 6) is 3.01. The molecule has 1 rings (SSSR count). The molecule has 3 nitrogen and oxygen atoms in total. The topological polar surface area (TPSA) is 29.5 Å². The smallest absolute Gasteiger partial charge is 0.305 e. The van der Waals surface area contributed by atoms with Gasteiger partial charge in [0.05, 0.1) is 6.61 Å². The summed E-state index contributed by atoms with van der Waals surface area (Å²) in [7, 11) is 4.42. The van der Waals surface area contributed by atoms with Crippen LogP contribution in [0.15, 0.2) is 0 Å². The lowest BCUT2D eigenvalue weighted by Crippen LogP contribution is -2.21. The third-order valence-electron chi connectivity index (χ3n) is 7.86. The molecule has 1 fully saturated rings. The molecule has 0 aromatic heterocycles. The van der Waals surface area contributed by atoms with Crippen LogP contribution in [0.4, 0.5) is 0 Å². The molecule has 0 amide bonds. The van der Waals surface area contributed by atoms with E-state index in [0.29, 0.717) is 13.0 Å². The van der Waals surface area contributed by atoms with Crippen LogP contribution in [0.5, 0.6) is 0 Å². The molecule has 0 aromatic rings. The lowest BCUT2D eigenvalue weighted by molar-refractivity contribution is -0.143. The van der Waals surface area contributed by atoms with Crippen molar-refractivity contribution in [3.63, 3.8) is 0 Å². The Labute approximate surface area is 214 Å². The molecule has 202 valence electrons. The Bertz CT molecular complexity index is 464. The Morgan fingerprint density at radius 3 is 1.76 bits per heavy atom. The van der Waals surface area contributed by atoms with Crippen molar-refractivity contribution in [3.05, 3.63) is 0 Å². The average molecular weight is 480 g/mol. The van der Waals surface area contributed by atoms with Crippen LogP contribution in [-0.2, 0) is 9.53 Å². The monoisotopic (exact) mass is 479 g/mol. The summed E-state index contributed by atoms with van der Waals surface area (Å²) < 4.78 is 5.01. The summed E-state index contributed by atoms with van der Waals surface area (Å²) in [6.45, 7) is 5.91. The second-order valence-corrected chi connectivity index (χ2v) is 11.5. The Morgan fingerprint density at radius 1 is 0.735 bits per heavy atom. The maximum atomic E-state index is 11.4. The van der Waals surface area contributed by atoms with Crippen molar-refractivity contribution in [3.8, 4) is 0 Å². The van der Waals surface area contributed by atoms with Gasteiger partial charge in [0, 0.05) is 13.0 Å². The molecule has 0 saturated heterocycles. The zero-order chi connectivity index (χ0) is 24.9. The molecular formula is C31H61NO2. The molecule has 0 N–H and O–H groups in total. The highest BCUT2D eigenvalue weighted by molar-refractivity contribution is 5.69. The van der Waals surface area contributed by atoms with Gasteiger partial charge in [0.15, 0.2) is 0 Å². The van der Waals surface area contributed by atoms with Gasteiger partial charge in [-0.2, -0.15) is 0 Å². The minimum Gasteiger partial charge on any atom is -0.466 e. The van der Waals surface area contributed by atoms with Crippen molar-refractivity contribution in [1.82, 2.24) is 4.90 Å². The summed E-state index contributed by atoms with van der Waals surface area (Å²) in [5.41, 5.74) is 0.